The SMILES string of the molecule is COCC(O)CCNc1nnc(C)s1. The van der Waals surface area contributed by atoms with Crippen LogP contribution in [0.1, 0.15) is 11.4 Å². The quantitative estimate of drug-likeness (QED) is 0.732. The van der Waals surface area contributed by atoms with Crippen LogP contribution in [0.2, 0.25) is 0 Å². The van der Waals surface area contributed by atoms with Crippen LogP contribution in [-0.4, -0.2) is 41.7 Å². The number of anilines is 1. The van der Waals surface area contributed by atoms with Crippen molar-refractivity contribution in [2.45, 2.75) is 19.4 Å². The van der Waals surface area contributed by atoms with Crippen LogP contribution in [0.3, 0.4) is 0 Å². The molecule has 0 bridgehead atoms. The number of aliphatic hydroxyl groups excluding tert-OH is 1. The molecule has 0 fully saturated rings. The van der Waals surface area contributed by atoms with Crippen molar-refractivity contribution in [2.24, 2.45) is 0 Å². The summed E-state index contributed by atoms with van der Waals surface area (Å²) >= 11 is 1.51. The van der Waals surface area contributed by atoms with Crippen LogP contribution in [0, 0.1) is 6.92 Å². The fraction of sp³-hybridized carbons (Fsp3) is 0.750. The second-order valence-corrected chi connectivity index (χ2v) is 4.13. The van der Waals surface area contributed by atoms with Gasteiger partial charge in [0.05, 0.1) is 12.7 Å². The molecule has 0 aliphatic heterocycles. The van der Waals surface area contributed by atoms with Gasteiger partial charge < -0.3 is 15.2 Å². The Labute approximate surface area is 87.1 Å². The number of aryl methyl sites for hydroxylation is 1. The molecule has 1 aromatic rings. The van der Waals surface area contributed by atoms with Gasteiger partial charge in [-0.3, -0.25) is 0 Å². The summed E-state index contributed by atoms with van der Waals surface area (Å²) in [6.45, 7) is 2.96. The van der Waals surface area contributed by atoms with Gasteiger partial charge in [0.15, 0.2) is 0 Å². The summed E-state index contributed by atoms with van der Waals surface area (Å²) < 4.78 is 4.81. The largest absolute Gasteiger partial charge is 0.391 e. The number of nitrogens with one attached hydrogen (secondary N) is 1. The minimum absolute atomic E-state index is 0.372. The molecule has 1 atom stereocenters. The summed E-state index contributed by atoms with van der Waals surface area (Å²) in [5.74, 6) is 0. The van der Waals surface area contributed by atoms with E-state index in [1.807, 2.05) is 6.92 Å². The smallest absolute Gasteiger partial charge is 0.205 e. The first-order valence-corrected chi connectivity index (χ1v) is 5.25. The Morgan fingerprint density at radius 3 is 2.93 bits per heavy atom. The van der Waals surface area contributed by atoms with E-state index in [9.17, 15) is 5.11 Å². The lowest BCUT2D eigenvalue weighted by Gasteiger charge is -2.08. The van der Waals surface area contributed by atoms with Crippen molar-refractivity contribution in [1.29, 1.82) is 0 Å². The van der Waals surface area contributed by atoms with Crippen molar-refractivity contribution in [3.05, 3.63) is 5.01 Å². The molecule has 6 heteroatoms. The van der Waals surface area contributed by atoms with E-state index < -0.39 is 6.10 Å². The molecule has 0 aliphatic carbocycles. The average Bonchev–Trinajstić information content (AvgIpc) is 2.52. The summed E-state index contributed by atoms with van der Waals surface area (Å²) in [4.78, 5) is 0. The number of methoxy groups -OCH3 is 1. The molecule has 5 nitrogen and oxygen atoms in total. The van der Waals surface area contributed by atoms with Crippen LogP contribution in [0.4, 0.5) is 5.13 Å². The third-order valence-electron chi connectivity index (χ3n) is 1.64. The number of rotatable bonds is 6. The van der Waals surface area contributed by atoms with Crippen LogP contribution in [0.15, 0.2) is 0 Å². The molecule has 0 aliphatic rings. The zero-order chi connectivity index (χ0) is 10.4. The maximum absolute atomic E-state index is 9.33. The molecule has 1 heterocycles. The second kappa shape index (κ2) is 5.90. The predicted molar refractivity (Wildman–Crippen MR) is 55.6 cm³/mol. The van der Waals surface area contributed by atoms with E-state index in [1.54, 1.807) is 7.11 Å². The lowest BCUT2D eigenvalue weighted by atomic mass is 10.3. The molecular formula is C8H15N3O2S. The molecule has 0 saturated heterocycles. The minimum atomic E-state index is -0.415. The number of hydrogen-bond acceptors (Lipinski definition) is 6. The summed E-state index contributed by atoms with van der Waals surface area (Å²) in [5, 5.41) is 21.9. The summed E-state index contributed by atoms with van der Waals surface area (Å²) in [6, 6.07) is 0. The number of ether oxygens (including phenoxy) is 1. The summed E-state index contributed by atoms with van der Waals surface area (Å²) in [7, 11) is 1.57. The number of aliphatic hydroxyl groups is 1. The predicted octanol–water partition coefficient (Wildman–Crippen LogP) is 0.656. The molecular weight excluding hydrogens is 202 g/mol. The average molecular weight is 217 g/mol. The van der Waals surface area contributed by atoms with Crippen LogP contribution in [0.5, 0.6) is 0 Å². The Morgan fingerprint density at radius 1 is 1.57 bits per heavy atom. The fourth-order valence-corrected chi connectivity index (χ4v) is 1.61. The van der Waals surface area contributed by atoms with Gasteiger partial charge in [-0.25, -0.2) is 0 Å². The molecule has 1 aromatic heterocycles. The Bertz CT molecular complexity index is 267. The van der Waals surface area contributed by atoms with Gasteiger partial charge in [-0.1, -0.05) is 11.3 Å². The normalized spacial score (nSPS) is 12.8. The molecule has 0 saturated carbocycles. The van der Waals surface area contributed by atoms with Crippen LogP contribution in [-0.2, 0) is 4.74 Å². The lowest BCUT2D eigenvalue weighted by molar-refractivity contribution is 0.0615. The minimum Gasteiger partial charge on any atom is -0.391 e. The van der Waals surface area contributed by atoms with Gasteiger partial charge in [-0.2, -0.15) is 0 Å². The number of hydrogen-bond donors (Lipinski definition) is 2. The van der Waals surface area contributed by atoms with Gasteiger partial charge in [0, 0.05) is 13.7 Å². The molecule has 0 amide bonds. The Balaban J connectivity index is 2.15. The number of nitrogens with zero attached hydrogens (tertiary/aromatic N) is 2. The van der Waals surface area contributed by atoms with Crippen LogP contribution >= 0.6 is 11.3 Å². The van der Waals surface area contributed by atoms with Crippen molar-refractivity contribution in [1.82, 2.24) is 10.2 Å². The van der Waals surface area contributed by atoms with E-state index in [0.29, 0.717) is 19.6 Å². The van der Waals surface area contributed by atoms with E-state index in [4.69, 9.17) is 4.74 Å². The van der Waals surface area contributed by atoms with E-state index in [-0.39, 0.29) is 0 Å². The van der Waals surface area contributed by atoms with E-state index in [0.717, 1.165) is 10.1 Å². The summed E-state index contributed by atoms with van der Waals surface area (Å²) in [6.07, 6.45) is 0.230. The molecule has 80 valence electrons. The maximum atomic E-state index is 9.33. The van der Waals surface area contributed by atoms with Crippen molar-refractivity contribution >= 4 is 16.5 Å². The van der Waals surface area contributed by atoms with E-state index in [2.05, 4.69) is 15.5 Å². The molecule has 1 rings (SSSR count). The Hall–Kier alpha value is -0.720. The zero-order valence-electron chi connectivity index (χ0n) is 8.36. The van der Waals surface area contributed by atoms with Crippen LogP contribution in [0.25, 0.3) is 0 Å². The van der Waals surface area contributed by atoms with Gasteiger partial charge in [0.25, 0.3) is 0 Å². The van der Waals surface area contributed by atoms with Gasteiger partial charge >= 0.3 is 0 Å². The van der Waals surface area contributed by atoms with Gasteiger partial charge in [-0.15, -0.1) is 10.2 Å². The van der Waals surface area contributed by atoms with Crippen LogP contribution < -0.4 is 5.32 Å². The van der Waals surface area contributed by atoms with Crippen molar-refractivity contribution in [3.63, 3.8) is 0 Å². The van der Waals surface area contributed by atoms with E-state index >= 15 is 0 Å². The first-order chi connectivity index (χ1) is 6.72. The Morgan fingerprint density at radius 2 is 2.36 bits per heavy atom. The first-order valence-electron chi connectivity index (χ1n) is 4.43. The lowest BCUT2D eigenvalue weighted by Crippen LogP contribution is -2.18. The van der Waals surface area contributed by atoms with Gasteiger partial charge in [-0.05, 0) is 13.3 Å². The third kappa shape index (κ3) is 3.99. The summed E-state index contributed by atoms with van der Waals surface area (Å²) in [5.41, 5.74) is 0. The molecule has 0 aromatic carbocycles. The highest BCUT2D eigenvalue weighted by molar-refractivity contribution is 7.15. The molecule has 14 heavy (non-hydrogen) atoms. The highest BCUT2D eigenvalue weighted by atomic mass is 32.1. The van der Waals surface area contributed by atoms with Crippen molar-refractivity contribution in [3.8, 4) is 0 Å². The second-order valence-electron chi connectivity index (χ2n) is 2.95. The highest BCUT2D eigenvalue weighted by Gasteiger charge is 2.04. The molecule has 0 spiro atoms. The molecule has 1 unspecified atom stereocenters. The van der Waals surface area contributed by atoms with E-state index in [1.165, 1.54) is 11.3 Å². The standard InChI is InChI=1S/C8H15N3O2S/c1-6-10-11-8(14-6)9-4-3-7(12)5-13-2/h7,12H,3-5H2,1-2H3,(H,9,11). The zero-order valence-corrected chi connectivity index (χ0v) is 9.17. The maximum Gasteiger partial charge on any atom is 0.205 e. The molecule has 0 radical (unpaired) electrons. The van der Waals surface area contributed by atoms with Crippen molar-refractivity contribution < 1.29 is 9.84 Å². The van der Waals surface area contributed by atoms with Crippen molar-refractivity contribution in [2.75, 3.05) is 25.6 Å². The third-order valence-corrected chi connectivity index (χ3v) is 2.44. The first kappa shape index (κ1) is 11.4. The highest BCUT2D eigenvalue weighted by Crippen LogP contribution is 2.13. The monoisotopic (exact) mass is 217 g/mol. The fourth-order valence-electron chi connectivity index (χ4n) is 0.989. The number of aromatic nitrogens is 2. The topological polar surface area (TPSA) is 67.3 Å². The van der Waals surface area contributed by atoms with Gasteiger partial charge in [0.2, 0.25) is 5.13 Å². The van der Waals surface area contributed by atoms with Gasteiger partial charge in [0.1, 0.15) is 5.01 Å². The molecule has 2 N–H and O–H groups in total. The Kier molecular flexibility index (Phi) is 4.78.